The van der Waals surface area contributed by atoms with Crippen molar-refractivity contribution < 1.29 is 14.7 Å². The lowest BCUT2D eigenvalue weighted by Crippen LogP contribution is -2.37. The molecule has 0 bridgehead atoms. The van der Waals surface area contributed by atoms with Crippen molar-refractivity contribution in [2.75, 3.05) is 26.2 Å². The average molecular weight is 270 g/mol. The highest BCUT2D eigenvalue weighted by Crippen LogP contribution is 2.16. The summed E-state index contributed by atoms with van der Waals surface area (Å²) in [6.45, 7) is 6.53. The lowest BCUT2D eigenvalue weighted by molar-refractivity contribution is -0.143. The van der Waals surface area contributed by atoms with Gasteiger partial charge in [0.25, 0.3) is 0 Å². The van der Waals surface area contributed by atoms with Crippen LogP contribution in [-0.2, 0) is 9.59 Å². The number of carbonyl (C=O) groups is 2. The van der Waals surface area contributed by atoms with Gasteiger partial charge in [-0.2, -0.15) is 0 Å². The first-order valence-corrected chi connectivity index (χ1v) is 7.25. The summed E-state index contributed by atoms with van der Waals surface area (Å²) in [4.78, 5) is 24.6. The number of hydrogen-bond donors (Lipinski definition) is 2. The van der Waals surface area contributed by atoms with Crippen LogP contribution in [0.2, 0.25) is 0 Å². The first-order valence-electron chi connectivity index (χ1n) is 7.25. The van der Waals surface area contributed by atoms with Crippen LogP contribution in [-0.4, -0.2) is 48.1 Å². The van der Waals surface area contributed by atoms with Crippen molar-refractivity contribution >= 4 is 11.9 Å². The van der Waals surface area contributed by atoms with Gasteiger partial charge in [0.15, 0.2) is 0 Å². The second-order valence-corrected chi connectivity index (χ2v) is 5.42. The second kappa shape index (κ2) is 8.15. The summed E-state index contributed by atoms with van der Waals surface area (Å²) in [7, 11) is 0. The van der Waals surface area contributed by atoms with Crippen LogP contribution in [0.4, 0.5) is 0 Å². The molecule has 1 aliphatic rings. The first-order chi connectivity index (χ1) is 9.04. The van der Waals surface area contributed by atoms with Gasteiger partial charge in [0, 0.05) is 19.5 Å². The summed E-state index contributed by atoms with van der Waals surface area (Å²) in [6.07, 6.45) is 3.82. The normalized spacial score (nSPS) is 20.8. The Morgan fingerprint density at radius 1 is 1.47 bits per heavy atom. The molecule has 2 N–H and O–H groups in total. The van der Waals surface area contributed by atoms with Gasteiger partial charge in [0.2, 0.25) is 5.91 Å². The zero-order valence-corrected chi connectivity index (χ0v) is 12.0. The molecule has 5 heteroatoms. The van der Waals surface area contributed by atoms with Gasteiger partial charge in [0.1, 0.15) is 0 Å². The number of nitrogens with zero attached hydrogens (tertiary/aromatic N) is 1. The molecule has 110 valence electrons. The van der Waals surface area contributed by atoms with Crippen molar-refractivity contribution in [3.63, 3.8) is 0 Å². The fraction of sp³-hybridized carbons (Fsp3) is 0.857. The molecule has 5 nitrogen and oxygen atoms in total. The maximum atomic E-state index is 12.1. The van der Waals surface area contributed by atoms with Crippen molar-refractivity contribution in [3.8, 4) is 0 Å². The summed E-state index contributed by atoms with van der Waals surface area (Å²) in [6, 6.07) is 0. The molecule has 0 spiro atoms. The van der Waals surface area contributed by atoms with Gasteiger partial charge in [-0.15, -0.1) is 0 Å². The summed E-state index contributed by atoms with van der Waals surface area (Å²) in [5.74, 6) is -0.669. The lowest BCUT2D eigenvalue weighted by Gasteiger charge is -2.26. The number of carbonyl (C=O) groups excluding carboxylic acids is 1. The molecular weight excluding hydrogens is 244 g/mol. The summed E-state index contributed by atoms with van der Waals surface area (Å²) in [5, 5.41) is 12.2. The standard InChI is InChI=1S/C14H26N2O3/c1-3-16(10-11(2)14(18)19)13(17)7-6-12-5-4-8-15-9-12/h11-12,15H,3-10H2,1-2H3,(H,18,19). The molecule has 1 amide bonds. The average Bonchev–Trinajstić information content (AvgIpc) is 2.42. The van der Waals surface area contributed by atoms with Crippen molar-refractivity contribution in [1.29, 1.82) is 0 Å². The number of hydrogen-bond acceptors (Lipinski definition) is 3. The zero-order chi connectivity index (χ0) is 14.3. The Labute approximate surface area is 115 Å². The SMILES string of the molecule is CCN(CC(C)C(=O)O)C(=O)CCC1CCCNC1. The van der Waals surface area contributed by atoms with Crippen molar-refractivity contribution in [2.45, 2.75) is 39.5 Å². The first kappa shape index (κ1) is 16.0. The zero-order valence-electron chi connectivity index (χ0n) is 12.0. The maximum Gasteiger partial charge on any atom is 0.308 e. The Hall–Kier alpha value is -1.10. The predicted molar refractivity (Wildman–Crippen MR) is 73.9 cm³/mol. The molecule has 1 fully saturated rings. The second-order valence-electron chi connectivity index (χ2n) is 5.42. The molecule has 0 saturated carbocycles. The fourth-order valence-corrected chi connectivity index (χ4v) is 2.47. The molecule has 1 heterocycles. The Morgan fingerprint density at radius 3 is 2.74 bits per heavy atom. The van der Waals surface area contributed by atoms with Crippen LogP contribution in [0.25, 0.3) is 0 Å². The number of nitrogens with one attached hydrogen (secondary N) is 1. The molecule has 2 unspecified atom stereocenters. The molecule has 1 saturated heterocycles. The highest BCUT2D eigenvalue weighted by molar-refractivity contribution is 5.77. The minimum absolute atomic E-state index is 0.0844. The molecule has 0 aromatic carbocycles. The molecule has 0 aromatic rings. The van der Waals surface area contributed by atoms with Gasteiger partial charge < -0.3 is 15.3 Å². The van der Waals surface area contributed by atoms with Gasteiger partial charge >= 0.3 is 5.97 Å². The monoisotopic (exact) mass is 270 g/mol. The minimum atomic E-state index is -0.845. The number of amides is 1. The summed E-state index contributed by atoms with van der Waals surface area (Å²) < 4.78 is 0. The molecule has 0 radical (unpaired) electrons. The molecule has 2 atom stereocenters. The molecule has 1 rings (SSSR count). The van der Waals surface area contributed by atoms with Crippen LogP contribution < -0.4 is 5.32 Å². The number of rotatable bonds is 7. The Bertz CT molecular complexity index is 301. The Balaban J connectivity index is 2.34. The van der Waals surface area contributed by atoms with E-state index in [-0.39, 0.29) is 5.91 Å². The van der Waals surface area contributed by atoms with Crippen molar-refractivity contribution in [2.24, 2.45) is 11.8 Å². The summed E-state index contributed by atoms with van der Waals surface area (Å²) >= 11 is 0. The van der Waals surface area contributed by atoms with E-state index in [1.165, 1.54) is 12.8 Å². The number of carboxylic acid groups (broad SMARTS) is 1. The summed E-state index contributed by atoms with van der Waals surface area (Å²) in [5.41, 5.74) is 0. The number of carboxylic acids is 1. The van der Waals surface area contributed by atoms with E-state index in [0.717, 1.165) is 19.5 Å². The molecule has 19 heavy (non-hydrogen) atoms. The van der Waals surface area contributed by atoms with Crippen LogP contribution in [0.15, 0.2) is 0 Å². The minimum Gasteiger partial charge on any atom is -0.481 e. The van der Waals surface area contributed by atoms with E-state index in [4.69, 9.17) is 5.11 Å². The van der Waals surface area contributed by atoms with Gasteiger partial charge in [-0.25, -0.2) is 0 Å². The van der Waals surface area contributed by atoms with Gasteiger partial charge in [-0.05, 0) is 45.2 Å². The third-order valence-electron chi connectivity index (χ3n) is 3.82. The van der Waals surface area contributed by atoms with E-state index in [9.17, 15) is 9.59 Å². The van der Waals surface area contributed by atoms with E-state index < -0.39 is 11.9 Å². The smallest absolute Gasteiger partial charge is 0.308 e. The third kappa shape index (κ3) is 5.59. The Morgan fingerprint density at radius 2 is 2.21 bits per heavy atom. The highest BCUT2D eigenvalue weighted by atomic mass is 16.4. The highest BCUT2D eigenvalue weighted by Gasteiger charge is 2.20. The lowest BCUT2D eigenvalue weighted by atomic mass is 9.94. The van der Waals surface area contributed by atoms with Crippen molar-refractivity contribution in [3.05, 3.63) is 0 Å². The largest absolute Gasteiger partial charge is 0.481 e. The van der Waals surface area contributed by atoms with E-state index in [1.807, 2.05) is 6.92 Å². The van der Waals surface area contributed by atoms with Crippen molar-refractivity contribution in [1.82, 2.24) is 10.2 Å². The third-order valence-corrected chi connectivity index (χ3v) is 3.82. The van der Waals surface area contributed by atoms with E-state index in [0.29, 0.717) is 25.4 Å². The molecule has 1 aliphatic heterocycles. The van der Waals surface area contributed by atoms with Crippen LogP contribution >= 0.6 is 0 Å². The quantitative estimate of drug-likeness (QED) is 0.732. The Kier molecular flexibility index (Phi) is 6.84. The van der Waals surface area contributed by atoms with E-state index >= 15 is 0 Å². The number of piperidine rings is 1. The van der Waals surface area contributed by atoms with Crippen LogP contribution in [0.1, 0.15) is 39.5 Å². The van der Waals surface area contributed by atoms with Crippen LogP contribution in [0.5, 0.6) is 0 Å². The fourth-order valence-electron chi connectivity index (χ4n) is 2.47. The number of aliphatic carboxylic acids is 1. The van der Waals surface area contributed by atoms with Gasteiger partial charge in [0.05, 0.1) is 5.92 Å². The molecule has 0 aromatic heterocycles. The molecular formula is C14H26N2O3. The van der Waals surface area contributed by atoms with Gasteiger partial charge in [-0.3, -0.25) is 9.59 Å². The van der Waals surface area contributed by atoms with Crippen LogP contribution in [0.3, 0.4) is 0 Å². The topological polar surface area (TPSA) is 69.6 Å². The maximum absolute atomic E-state index is 12.1. The van der Waals surface area contributed by atoms with Crippen LogP contribution in [0, 0.1) is 11.8 Å². The van der Waals surface area contributed by atoms with E-state index in [1.54, 1.807) is 11.8 Å². The van der Waals surface area contributed by atoms with E-state index in [2.05, 4.69) is 5.32 Å². The molecule has 0 aliphatic carbocycles. The van der Waals surface area contributed by atoms with Gasteiger partial charge in [-0.1, -0.05) is 6.92 Å². The predicted octanol–water partition coefficient (Wildman–Crippen LogP) is 1.34.